The van der Waals surface area contributed by atoms with E-state index in [4.69, 9.17) is 4.74 Å². The summed E-state index contributed by atoms with van der Waals surface area (Å²) in [5.41, 5.74) is 1.45. The Kier molecular flexibility index (Phi) is 7.44. The molecule has 4 rings (SSSR count). The molecule has 0 spiro atoms. The van der Waals surface area contributed by atoms with Gasteiger partial charge in [-0.25, -0.2) is 10.9 Å². The Balaban J connectivity index is 0.000000659. The average Bonchev–Trinajstić information content (AvgIpc) is 3.23. The van der Waals surface area contributed by atoms with E-state index in [-0.39, 0.29) is 0 Å². The molecule has 5 heteroatoms. The normalized spacial score (nSPS) is 21.1. The molecule has 2 fully saturated rings. The van der Waals surface area contributed by atoms with Crippen molar-refractivity contribution in [2.75, 3.05) is 27.3 Å². The van der Waals surface area contributed by atoms with Crippen LogP contribution in [0.1, 0.15) is 44.1 Å². The van der Waals surface area contributed by atoms with Crippen molar-refractivity contribution in [1.82, 2.24) is 9.88 Å². The van der Waals surface area contributed by atoms with Crippen LogP contribution < -0.4 is 10.6 Å². The second-order valence-corrected chi connectivity index (χ2v) is 7.79. The fourth-order valence-electron chi connectivity index (χ4n) is 4.61. The molecule has 0 bridgehead atoms. The first-order valence-corrected chi connectivity index (χ1v) is 10.1. The fourth-order valence-corrected chi connectivity index (χ4v) is 4.61. The van der Waals surface area contributed by atoms with Gasteiger partial charge in [0.05, 0.1) is 14.2 Å². The van der Waals surface area contributed by atoms with E-state index < -0.39 is 0 Å². The Morgan fingerprint density at radius 2 is 1.85 bits per heavy atom. The Morgan fingerprint density at radius 3 is 2.59 bits per heavy atom. The number of hydrogen-bond acceptors (Lipinski definition) is 5. The lowest BCUT2D eigenvalue weighted by molar-refractivity contribution is 0.125. The Hall–Kier alpha value is -1.69. The van der Waals surface area contributed by atoms with E-state index in [1.165, 1.54) is 81.5 Å². The molecule has 1 atom stereocenters. The van der Waals surface area contributed by atoms with Gasteiger partial charge in [0.1, 0.15) is 0 Å². The third kappa shape index (κ3) is 5.41. The van der Waals surface area contributed by atoms with Crippen LogP contribution in [0.15, 0.2) is 30.5 Å². The number of pyridine rings is 1. The van der Waals surface area contributed by atoms with Crippen LogP contribution in [0.25, 0.3) is 10.8 Å². The van der Waals surface area contributed by atoms with Crippen LogP contribution in [-0.4, -0.2) is 43.2 Å². The van der Waals surface area contributed by atoms with Crippen molar-refractivity contribution < 1.29 is 9.57 Å². The van der Waals surface area contributed by atoms with Crippen molar-refractivity contribution in [3.8, 4) is 5.88 Å². The molecule has 1 unspecified atom stereocenters. The molecule has 1 saturated carbocycles. The topological polar surface area (TPSA) is 60.6 Å². The largest absolute Gasteiger partial charge is 0.481 e. The lowest BCUT2D eigenvalue weighted by Gasteiger charge is -2.37. The smallest absolute Gasteiger partial charge is 0.213 e. The summed E-state index contributed by atoms with van der Waals surface area (Å²) in [7, 11) is 3.07. The Bertz CT molecular complexity index is 716. The summed E-state index contributed by atoms with van der Waals surface area (Å²) < 4.78 is 5.22. The summed E-state index contributed by atoms with van der Waals surface area (Å²) >= 11 is 0. The summed E-state index contributed by atoms with van der Waals surface area (Å²) in [6.07, 6.45) is 11.6. The van der Waals surface area contributed by atoms with E-state index in [1.54, 1.807) is 7.11 Å². The lowest BCUT2D eigenvalue weighted by atomic mass is 9.90. The van der Waals surface area contributed by atoms with Crippen molar-refractivity contribution in [1.29, 1.82) is 0 Å². The molecular formula is C22H33N3O2. The van der Waals surface area contributed by atoms with Crippen molar-refractivity contribution in [3.63, 3.8) is 0 Å². The summed E-state index contributed by atoms with van der Waals surface area (Å²) in [4.78, 5) is 10.9. The molecule has 27 heavy (non-hydrogen) atoms. The molecule has 2 N–H and O–H groups in total. The average molecular weight is 372 g/mol. The number of hydrogen-bond donors (Lipinski definition) is 1. The van der Waals surface area contributed by atoms with Crippen LogP contribution in [0.4, 0.5) is 0 Å². The zero-order valence-electron chi connectivity index (χ0n) is 16.7. The van der Waals surface area contributed by atoms with Crippen molar-refractivity contribution in [2.24, 2.45) is 11.8 Å². The van der Waals surface area contributed by atoms with Crippen LogP contribution in [0.3, 0.4) is 0 Å². The van der Waals surface area contributed by atoms with Gasteiger partial charge in [-0.05, 0) is 61.6 Å². The first-order chi connectivity index (χ1) is 13.2. The van der Waals surface area contributed by atoms with Gasteiger partial charge in [-0.3, -0.25) is 0 Å². The number of rotatable bonds is 4. The summed E-state index contributed by atoms with van der Waals surface area (Å²) in [6, 6.07) is 9.71. The molecule has 2 aromatic rings. The molecule has 1 aliphatic heterocycles. The molecule has 2 aliphatic rings. The fraction of sp³-hybridized carbons (Fsp3) is 0.591. The number of methoxy groups -OCH3 is 1. The van der Waals surface area contributed by atoms with Crippen LogP contribution >= 0.6 is 0 Å². The van der Waals surface area contributed by atoms with Gasteiger partial charge >= 0.3 is 0 Å². The van der Waals surface area contributed by atoms with Crippen LogP contribution in [-0.2, 0) is 11.3 Å². The van der Waals surface area contributed by atoms with E-state index in [1.807, 2.05) is 12.3 Å². The van der Waals surface area contributed by atoms with E-state index in [0.717, 1.165) is 12.0 Å². The number of nitrogens with zero attached hydrogens (tertiary/aromatic N) is 2. The second-order valence-electron chi connectivity index (χ2n) is 7.79. The molecule has 148 valence electrons. The molecule has 5 nitrogen and oxygen atoms in total. The van der Waals surface area contributed by atoms with E-state index >= 15 is 0 Å². The number of nitrogens with two attached hydrogens (primary N) is 1. The van der Waals surface area contributed by atoms with E-state index in [0.29, 0.717) is 5.88 Å². The standard InChI is InChI=1S/C21H28N2O.CH5NO/c1-24-21-13-18-9-8-16(12-19(18)14-22-21)11-17-5-4-10-23(15-17)20-6-2-3-7-20;1-3-2/h8-9,12-14,17,20H,2-7,10-11,15H2,1H3;2H2,1H3. The lowest BCUT2D eigenvalue weighted by Crippen LogP contribution is -2.42. The first-order valence-electron chi connectivity index (χ1n) is 10.1. The predicted molar refractivity (Wildman–Crippen MR) is 110 cm³/mol. The van der Waals surface area contributed by atoms with Crippen molar-refractivity contribution in [2.45, 2.75) is 51.0 Å². The number of aromatic nitrogens is 1. The molecular weight excluding hydrogens is 338 g/mol. The summed E-state index contributed by atoms with van der Waals surface area (Å²) in [5.74, 6) is 5.85. The molecule has 0 amide bonds. The second kappa shape index (κ2) is 10.0. The van der Waals surface area contributed by atoms with Gasteiger partial charge in [0.2, 0.25) is 5.88 Å². The highest BCUT2D eigenvalue weighted by molar-refractivity contribution is 5.83. The number of benzene rings is 1. The van der Waals surface area contributed by atoms with Gasteiger partial charge in [-0.15, -0.1) is 0 Å². The molecule has 1 aromatic heterocycles. The molecule has 1 aromatic carbocycles. The number of likely N-dealkylation sites (tertiary alicyclic amines) is 1. The minimum atomic E-state index is 0.690. The maximum atomic E-state index is 5.22. The Labute approximate surface area is 162 Å². The third-order valence-corrected chi connectivity index (χ3v) is 5.89. The van der Waals surface area contributed by atoms with Gasteiger partial charge in [0.15, 0.2) is 0 Å². The van der Waals surface area contributed by atoms with Crippen molar-refractivity contribution in [3.05, 3.63) is 36.0 Å². The molecule has 0 radical (unpaired) electrons. The van der Waals surface area contributed by atoms with Gasteiger partial charge < -0.3 is 14.5 Å². The maximum Gasteiger partial charge on any atom is 0.213 e. The highest BCUT2D eigenvalue weighted by atomic mass is 16.6. The zero-order valence-corrected chi connectivity index (χ0v) is 16.7. The van der Waals surface area contributed by atoms with Gasteiger partial charge in [0, 0.05) is 30.2 Å². The molecule has 1 saturated heterocycles. The van der Waals surface area contributed by atoms with Gasteiger partial charge in [0.25, 0.3) is 0 Å². The summed E-state index contributed by atoms with van der Waals surface area (Å²) in [6.45, 7) is 2.62. The van der Waals surface area contributed by atoms with E-state index in [2.05, 4.69) is 38.8 Å². The Morgan fingerprint density at radius 1 is 1.07 bits per heavy atom. The highest BCUT2D eigenvalue weighted by Gasteiger charge is 2.27. The molecule has 2 heterocycles. The zero-order chi connectivity index (χ0) is 19.1. The first kappa shape index (κ1) is 20.1. The summed E-state index contributed by atoms with van der Waals surface area (Å²) in [5, 5.41) is 2.43. The monoisotopic (exact) mass is 371 g/mol. The SMILES string of the molecule is CON.COc1cc2ccc(CC3CCCN(C4CCCC4)C3)cc2cn1. The minimum Gasteiger partial charge on any atom is -0.481 e. The highest BCUT2D eigenvalue weighted by Crippen LogP contribution is 2.30. The minimum absolute atomic E-state index is 0.690. The maximum absolute atomic E-state index is 5.22. The van der Waals surface area contributed by atoms with Gasteiger partial charge in [-0.1, -0.05) is 25.0 Å². The van der Waals surface area contributed by atoms with E-state index in [9.17, 15) is 0 Å². The molecule has 1 aliphatic carbocycles. The van der Waals surface area contributed by atoms with Crippen molar-refractivity contribution >= 4 is 10.8 Å². The number of ether oxygens (including phenoxy) is 1. The number of fused-ring (bicyclic) bond motifs is 1. The van der Waals surface area contributed by atoms with Gasteiger partial charge in [-0.2, -0.15) is 0 Å². The van der Waals surface area contributed by atoms with Crippen LogP contribution in [0.2, 0.25) is 0 Å². The third-order valence-electron chi connectivity index (χ3n) is 5.89. The number of piperidine rings is 1. The van der Waals surface area contributed by atoms with Crippen LogP contribution in [0, 0.1) is 5.92 Å². The van der Waals surface area contributed by atoms with Crippen LogP contribution in [0.5, 0.6) is 5.88 Å². The predicted octanol–water partition coefficient (Wildman–Crippen LogP) is 3.95. The quantitative estimate of drug-likeness (QED) is 0.825.